The molecular formula is C19H21F3O4. The average Bonchev–Trinajstić information content (AvgIpc) is 2.62. The minimum absolute atomic E-state index is 0.216. The van der Waals surface area contributed by atoms with Gasteiger partial charge in [-0.1, -0.05) is 37.6 Å². The highest BCUT2D eigenvalue weighted by Gasteiger charge is 2.29. The van der Waals surface area contributed by atoms with Crippen LogP contribution in [0, 0.1) is 0 Å². The van der Waals surface area contributed by atoms with E-state index in [9.17, 15) is 22.8 Å². The van der Waals surface area contributed by atoms with Gasteiger partial charge in [-0.3, -0.25) is 0 Å². The van der Waals surface area contributed by atoms with Gasteiger partial charge in [0.1, 0.15) is 5.57 Å². The number of benzene rings is 1. The third kappa shape index (κ3) is 6.06. The molecule has 0 bridgehead atoms. The summed E-state index contributed by atoms with van der Waals surface area (Å²) in [5.41, 5.74) is -0.0562. The standard InChI is InChI=1S/C19H21F3O4/c1-4-5-6-14(16(17(23)25-2)18(24)26-3)10-7-13-8-11-15(12-9-13)19(20,21)22/h7-12H,4-6H2,1-3H3/b10-7+. The Morgan fingerprint density at radius 2 is 1.58 bits per heavy atom. The van der Waals surface area contributed by atoms with Gasteiger partial charge in [-0.05, 0) is 36.1 Å². The number of ether oxygens (including phenoxy) is 2. The first-order valence-corrected chi connectivity index (χ1v) is 7.99. The first-order chi connectivity index (χ1) is 12.2. The molecule has 26 heavy (non-hydrogen) atoms. The number of alkyl halides is 3. The van der Waals surface area contributed by atoms with Gasteiger partial charge in [0.25, 0.3) is 0 Å². The monoisotopic (exact) mass is 370 g/mol. The van der Waals surface area contributed by atoms with Crippen LogP contribution in [0.3, 0.4) is 0 Å². The second kappa shape index (κ2) is 9.79. The fourth-order valence-corrected chi connectivity index (χ4v) is 2.19. The van der Waals surface area contributed by atoms with Gasteiger partial charge in [-0.25, -0.2) is 9.59 Å². The van der Waals surface area contributed by atoms with Gasteiger partial charge in [-0.2, -0.15) is 13.2 Å². The van der Waals surface area contributed by atoms with Crippen LogP contribution in [0.25, 0.3) is 6.08 Å². The summed E-state index contributed by atoms with van der Waals surface area (Å²) in [6, 6.07) is 4.56. The summed E-state index contributed by atoms with van der Waals surface area (Å²) in [6.07, 6.45) is 0.625. The lowest BCUT2D eigenvalue weighted by Crippen LogP contribution is -2.18. The number of allylic oxidation sites excluding steroid dienone is 2. The molecule has 4 nitrogen and oxygen atoms in total. The molecule has 0 amide bonds. The van der Waals surface area contributed by atoms with E-state index in [2.05, 4.69) is 9.47 Å². The van der Waals surface area contributed by atoms with E-state index in [1.807, 2.05) is 6.92 Å². The average molecular weight is 370 g/mol. The molecule has 142 valence electrons. The lowest BCUT2D eigenvalue weighted by atomic mass is 10.0. The molecule has 0 aromatic heterocycles. The first-order valence-electron chi connectivity index (χ1n) is 7.99. The molecule has 0 aliphatic heterocycles. The number of methoxy groups -OCH3 is 2. The van der Waals surface area contributed by atoms with Crippen molar-refractivity contribution in [3.05, 3.63) is 52.6 Å². The van der Waals surface area contributed by atoms with E-state index in [-0.39, 0.29) is 5.57 Å². The van der Waals surface area contributed by atoms with E-state index < -0.39 is 23.7 Å². The number of hydrogen-bond donors (Lipinski definition) is 0. The predicted octanol–water partition coefficient (Wildman–Crippen LogP) is 4.55. The number of carbonyl (C=O) groups excluding carboxylic acids is 2. The molecule has 0 N–H and O–H groups in total. The van der Waals surface area contributed by atoms with Crippen LogP contribution in [-0.2, 0) is 25.2 Å². The van der Waals surface area contributed by atoms with Gasteiger partial charge in [-0.15, -0.1) is 0 Å². The Morgan fingerprint density at radius 3 is 2.00 bits per heavy atom. The molecule has 0 radical (unpaired) electrons. The van der Waals surface area contributed by atoms with Crippen molar-refractivity contribution in [2.24, 2.45) is 0 Å². The molecule has 0 atom stereocenters. The van der Waals surface area contributed by atoms with Crippen LogP contribution in [-0.4, -0.2) is 26.2 Å². The Hall–Kier alpha value is -2.57. The molecule has 1 rings (SSSR count). The number of carbonyl (C=O) groups is 2. The fourth-order valence-electron chi connectivity index (χ4n) is 2.19. The first kappa shape index (κ1) is 21.5. The molecule has 0 heterocycles. The minimum atomic E-state index is -4.41. The minimum Gasteiger partial charge on any atom is -0.465 e. The summed E-state index contributed by atoms with van der Waals surface area (Å²) in [5.74, 6) is -1.64. The van der Waals surface area contributed by atoms with E-state index in [1.54, 1.807) is 0 Å². The Morgan fingerprint density at radius 1 is 1.04 bits per heavy atom. The van der Waals surface area contributed by atoms with Crippen LogP contribution in [0.4, 0.5) is 13.2 Å². The molecule has 1 aromatic carbocycles. The van der Waals surface area contributed by atoms with E-state index in [0.29, 0.717) is 24.0 Å². The Bertz CT molecular complexity index is 668. The van der Waals surface area contributed by atoms with E-state index >= 15 is 0 Å². The zero-order valence-corrected chi connectivity index (χ0v) is 14.9. The van der Waals surface area contributed by atoms with Crippen molar-refractivity contribution in [3.8, 4) is 0 Å². The quantitative estimate of drug-likeness (QED) is 0.232. The SMILES string of the molecule is CCCCC(/C=C/c1ccc(C(F)(F)F)cc1)=C(C(=O)OC)C(=O)OC. The molecule has 0 aliphatic rings. The third-order valence-corrected chi connectivity index (χ3v) is 3.61. The zero-order chi connectivity index (χ0) is 19.7. The lowest BCUT2D eigenvalue weighted by molar-refractivity contribution is -0.144. The van der Waals surface area contributed by atoms with Gasteiger partial charge in [0.15, 0.2) is 0 Å². The second-order valence-corrected chi connectivity index (χ2v) is 5.44. The molecule has 0 spiro atoms. The number of esters is 2. The molecular weight excluding hydrogens is 349 g/mol. The number of rotatable bonds is 7. The summed E-state index contributed by atoms with van der Waals surface area (Å²) < 4.78 is 47.1. The molecule has 0 unspecified atom stereocenters. The Labute approximate surface area is 150 Å². The van der Waals surface area contributed by atoms with E-state index in [0.717, 1.165) is 32.8 Å². The second-order valence-electron chi connectivity index (χ2n) is 5.44. The van der Waals surface area contributed by atoms with Gasteiger partial charge in [0, 0.05) is 0 Å². The van der Waals surface area contributed by atoms with Crippen LogP contribution in [0.2, 0.25) is 0 Å². The van der Waals surface area contributed by atoms with Crippen molar-refractivity contribution < 1.29 is 32.2 Å². The Balaban J connectivity index is 3.23. The fraction of sp³-hybridized carbons (Fsp3) is 0.368. The highest BCUT2D eigenvalue weighted by molar-refractivity contribution is 6.15. The van der Waals surface area contributed by atoms with Crippen LogP contribution in [0.5, 0.6) is 0 Å². The van der Waals surface area contributed by atoms with Gasteiger partial charge in [0.05, 0.1) is 19.8 Å². The maximum absolute atomic E-state index is 12.6. The van der Waals surface area contributed by atoms with E-state index in [1.165, 1.54) is 24.3 Å². The van der Waals surface area contributed by atoms with Crippen molar-refractivity contribution in [1.29, 1.82) is 0 Å². The molecule has 0 aliphatic carbocycles. The summed E-state index contributed by atoms with van der Waals surface area (Å²) in [7, 11) is 2.31. The largest absolute Gasteiger partial charge is 0.465 e. The summed E-state index contributed by atoms with van der Waals surface area (Å²) in [5, 5.41) is 0. The molecule has 0 fully saturated rings. The van der Waals surface area contributed by atoms with Crippen LogP contribution >= 0.6 is 0 Å². The zero-order valence-electron chi connectivity index (χ0n) is 14.9. The normalized spacial score (nSPS) is 11.3. The number of halogens is 3. The van der Waals surface area contributed by atoms with Gasteiger partial charge >= 0.3 is 18.1 Å². The van der Waals surface area contributed by atoms with Crippen LogP contribution in [0.1, 0.15) is 37.3 Å². The molecule has 7 heteroatoms. The van der Waals surface area contributed by atoms with Crippen molar-refractivity contribution in [3.63, 3.8) is 0 Å². The van der Waals surface area contributed by atoms with Crippen LogP contribution in [0.15, 0.2) is 41.5 Å². The topological polar surface area (TPSA) is 52.6 Å². The summed E-state index contributed by atoms with van der Waals surface area (Å²) in [6.45, 7) is 1.95. The van der Waals surface area contributed by atoms with Crippen molar-refractivity contribution in [2.75, 3.05) is 14.2 Å². The van der Waals surface area contributed by atoms with E-state index in [4.69, 9.17) is 0 Å². The third-order valence-electron chi connectivity index (χ3n) is 3.61. The highest BCUT2D eigenvalue weighted by Crippen LogP contribution is 2.29. The van der Waals surface area contributed by atoms with Crippen molar-refractivity contribution >= 4 is 18.0 Å². The van der Waals surface area contributed by atoms with Gasteiger partial charge < -0.3 is 9.47 Å². The predicted molar refractivity (Wildman–Crippen MR) is 91.1 cm³/mol. The summed E-state index contributed by atoms with van der Waals surface area (Å²) >= 11 is 0. The smallest absolute Gasteiger partial charge is 0.416 e. The van der Waals surface area contributed by atoms with Crippen LogP contribution < -0.4 is 0 Å². The maximum Gasteiger partial charge on any atom is 0.416 e. The van der Waals surface area contributed by atoms with Crippen molar-refractivity contribution in [1.82, 2.24) is 0 Å². The maximum atomic E-state index is 12.6. The molecule has 0 saturated heterocycles. The molecule has 1 aromatic rings. The molecule has 0 saturated carbocycles. The summed E-state index contributed by atoms with van der Waals surface area (Å²) in [4.78, 5) is 23.9. The van der Waals surface area contributed by atoms with Gasteiger partial charge in [0.2, 0.25) is 0 Å². The van der Waals surface area contributed by atoms with Crippen molar-refractivity contribution in [2.45, 2.75) is 32.4 Å². The number of unbranched alkanes of at least 4 members (excludes halogenated alkanes) is 1. The lowest BCUT2D eigenvalue weighted by Gasteiger charge is -2.09. The highest BCUT2D eigenvalue weighted by atomic mass is 19.4. The number of hydrogen-bond acceptors (Lipinski definition) is 4. The Kier molecular flexibility index (Phi) is 8.09.